The van der Waals surface area contributed by atoms with Crippen molar-refractivity contribution in [1.82, 2.24) is 0 Å². The highest BCUT2D eigenvalue weighted by Gasteiger charge is 2.29. The van der Waals surface area contributed by atoms with Crippen LogP contribution in [0.1, 0.15) is 29.5 Å². The predicted molar refractivity (Wildman–Crippen MR) is 107 cm³/mol. The molecule has 0 spiro atoms. The molecule has 1 aliphatic rings. The summed E-state index contributed by atoms with van der Waals surface area (Å²) in [6, 6.07) is 27.2. The van der Waals surface area contributed by atoms with Gasteiger partial charge in [-0.25, -0.2) is 0 Å². The van der Waals surface area contributed by atoms with Gasteiger partial charge < -0.3 is 4.84 Å². The third kappa shape index (κ3) is 3.70. The van der Waals surface area contributed by atoms with Gasteiger partial charge in [0.25, 0.3) is 0 Å². The molecule has 0 aromatic heterocycles. The van der Waals surface area contributed by atoms with Crippen molar-refractivity contribution in [2.45, 2.75) is 26.4 Å². The van der Waals surface area contributed by atoms with Crippen molar-refractivity contribution in [2.24, 2.45) is 11.1 Å². The van der Waals surface area contributed by atoms with E-state index in [2.05, 4.69) is 78.8 Å². The molecular formula is C24H23NO. The van der Waals surface area contributed by atoms with Gasteiger partial charge in [-0.3, -0.25) is 0 Å². The third-order valence-electron chi connectivity index (χ3n) is 4.95. The summed E-state index contributed by atoms with van der Waals surface area (Å²) < 4.78 is 0. The second-order valence-corrected chi connectivity index (χ2v) is 6.85. The number of rotatable bonds is 6. The normalized spacial score (nSPS) is 14.3. The maximum Gasteiger partial charge on any atom is 0.142 e. The lowest BCUT2D eigenvalue weighted by Crippen LogP contribution is -2.05. The lowest BCUT2D eigenvalue weighted by atomic mass is 9.97. The molecule has 4 rings (SSSR count). The molecule has 0 amide bonds. The molecule has 3 aromatic carbocycles. The van der Waals surface area contributed by atoms with Crippen LogP contribution in [0.5, 0.6) is 0 Å². The Kier molecular flexibility index (Phi) is 4.83. The van der Waals surface area contributed by atoms with E-state index in [4.69, 9.17) is 4.84 Å². The summed E-state index contributed by atoms with van der Waals surface area (Å²) >= 11 is 0. The summed E-state index contributed by atoms with van der Waals surface area (Å²) in [4.78, 5) is 5.80. The standard InChI is InChI=1S/C24H23NO/c1-18-22(13-8-14-23(18)19-9-4-2-5-10-19)17-26-25-24(21-15-16-21)20-11-6-3-7-12-20/h2-14,21H,15-17H2,1H3/b25-24-. The predicted octanol–water partition coefficient (Wildman–Crippen LogP) is 5.99. The largest absolute Gasteiger partial charge is 0.391 e. The Balaban J connectivity index is 1.53. The number of hydrogen-bond acceptors (Lipinski definition) is 2. The molecular weight excluding hydrogens is 318 g/mol. The molecule has 3 aromatic rings. The van der Waals surface area contributed by atoms with Crippen LogP contribution in [-0.4, -0.2) is 5.71 Å². The van der Waals surface area contributed by atoms with Crippen LogP contribution >= 0.6 is 0 Å². The summed E-state index contributed by atoms with van der Waals surface area (Å²) in [7, 11) is 0. The molecule has 1 saturated carbocycles. The maximum absolute atomic E-state index is 5.80. The topological polar surface area (TPSA) is 21.6 Å². The van der Waals surface area contributed by atoms with Gasteiger partial charge in [-0.1, -0.05) is 84.0 Å². The number of benzene rings is 3. The van der Waals surface area contributed by atoms with E-state index in [9.17, 15) is 0 Å². The Morgan fingerprint density at radius 3 is 2.27 bits per heavy atom. The Morgan fingerprint density at radius 1 is 0.885 bits per heavy atom. The summed E-state index contributed by atoms with van der Waals surface area (Å²) in [6.07, 6.45) is 2.42. The zero-order chi connectivity index (χ0) is 17.8. The van der Waals surface area contributed by atoms with Crippen LogP contribution in [0.25, 0.3) is 11.1 Å². The molecule has 0 heterocycles. The second kappa shape index (κ2) is 7.57. The number of nitrogens with zero attached hydrogens (tertiary/aromatic N) is 1. The van der Waals surface area contributed by atoms with Crippen molar-refractivity contribution in [2.75, 3.05) is 0 Å². The average molecular weight is 341 g/mol. The van der Waals surface area contributed by atoms with Gasteiger partial charge in [0.15, 0.2) is 0 Å². The van der Waals surface area contributed by atoms with Crippen LogP contribution in [0.15, 0.2) is 84.0 Å². The van der Waals surface area contributed by atoms with E-state index in [1.165, 1.54) is 40.7 Å². The van der Waals surface area contributed by atoms with Crippen molar-refractivity contribution in [3.8, 4) is 11.1 Å². The minimum absolute atomic E-state index is 0.496. The van der Waals surface area contributed by atoms with Crippen molar-refractivity contribution < 1.29 is 4.84 Å². The summed E-state index contributed by atoms with van der Waals surface area (Å²) in [5, 5.41) is 4.51. The van der Waals surface area contributed by atoms with Crippen LogP contribution in [0, 0.1) is 12.8 Å². The SMILES string of the molecule is Cc1c(CO/N=C(/c2ccccc2)C2CC2)cccc1-c1ccccc1. The highest BCUT2D eigenvalue weighted by atomic mass is 16.6. The summed E-state index contributed by atoms with van der Waals surface area (Å²) in [5.74, 6) is 0.550. The zero-order valence-electron chi connectivity index (χ0n) is 15.1. The Bertz CT molecular complexity index is 896. The van der Waals surface area contributed by atoms with Gasteiger partial charge in [0.05, 0.1) is 5.71 Å². The van der Waals surface area contributed by atoms with E-state index in [0.29, 0.717) is 12.5 Å². The first-order chi connectivity index (χ1) is 12.8. The van der Waals surface area contributed by atoms with E-state index < -0.39 is 0 Å². The number of hydrogen-bond donors (Lipinski definition) is 0. The second-order valence-electron chi connectivity index (χ2n) is 6.85. The summed E-state index contributed by atoms with van der Waals surface area (Å²) in [6.45, 7) is 2.65. The van der Waals surface area contributed by atoms with Gasteiger partial charge in [-0.05, 0) is 47.6 Å². The molecule has 0 N–H and O–H groups in total. The number of oxime groups is 1. The minimum Gasteiger partial charge on any atom is -0.391 e. The first-order valence-corrected chi connectivity index (χ1v) is 9.22. The molecule has 1 fully saturated rings. The van der Waals surface area contributed by atoms with Crippen LogP contribution in [-0.2, 0) is 11.4 Å². The van der Waals surface area contributed by atoms with Crippen molar-refractivity contribution in [1.29, 1.82) is 0 Å². The van der Waals surface area contributed by atoms with Gasteiger partial charge in [-0.15, -0.1) is 0 Å². The van der Waals surface area contributed by atoms with Crippen LogP contribution in [0.4, 0.5) is 0 Å². The average Bonchev–Trinajstić information content (AvgIpc) is 3.53. The Hall–Kier alpha value is -2.87. The van der Waals surface area contributed by atoms with E-state index in [-0.39, 0.29) is 0 Å². The fraction of sp³-hybridized carbons (Fsp3) is 0.208. The molecule has 130 valence electrons. The van der Waals surface area contributed by atoms with Crippen LogP contribution in [0.3, 0.4) is 0 Å². The van der Waals surface area contributed by atoms with Gasteiger partial charge in [0, 0.05) is 5.92 Å². The van der Waals surface area contributed by atoms with E-state index in [0.717, 1.165) is 5.71 Å². The van der Waals surface area contributed by atoms with Crippen LogP contribution in [0.2, 0.25) is 0 Å². The van der Waals surface area contributed by atoms with Crippen molar-refractivity contribution >= 4 is 5.71 Å². The molecule has 2 heteroatoms. The molecule has 2 nitrogen and oxygen atoms in total. The van der Waals surface area contributed by atoms with Gasteiger partial charge in [0.2, 0.25) is 0 Å². The lowest BCUT2D eigenvalue weighted by molar-refractivity contribution is 0.129. The molecule has 0 aliphatic heterocycles. The van der Waals surface area contributed by atoms with E-state index in [1.54, 1.807) is 0 Å². The van der Waals surface area contributed by atoms with E-state index >= 15 is 0 Å². The first-order valence-electron chi connectivity index (χ1n) is 9.22. The van der Waals surface area contributed by atoms with Gasteiger partial charge in [0.1, 0.15) is 6.61 Å². The van der Waals surface area contributed by atoms with Crippen molar-refractivity contribution in [3.05, 3.63) is 95.6 Å². The quantitative estimate of drug-likeness (QED) is 0.398. The Morgan fingerprint density at radius 2 is 1.58 bits per heavy atom. The minimum atomic E-state index is 0.496. The first kappa shape index (κ1) is 16.6. The van der Waals surface area contributed by atoms with Crippen molar-refractivity contribution in [3.63, 3.8) is 0 Å². The highest BCUT2D eigenvalue weighted by molar-refractivity contribution is 6.03. The molecule has 0 unspecified atom stereocenters. The smallest absolute Gasteiger partial charge is 0.142 e. The molecule has 0 saturated heterocycles. The molecule has 26 heavy (non-hydrogen) atoms. The van der Waals surface area contributed by atoms with Crippen LogP contribution < -0.4 is 0 Å². The van der Waals surface area contributed by atoms with Gasteiger partial charge >= 0.3 is 0 Å². The molecule has 1 aliphatic carbocycles. The molecule has 0 radical (unpaired) electrons. The molecule has 0 bridgehead atoms. The maximum atomic E-state index is 5.80. The lowest BCUT2D eigenvalue weighted by Gasteiger charge is -2.11. The zero-order valence-corrected chi connectivity index (χ0v) is 15.1. The fourth-order valence-corrected chi connectivity index (χ4v) is 3.27. The van der Waals surface area contributed by atoms with E-state index in [1.807, 2.05) is 12.1 Å². The summed E-state index contributed by atoms with van der Waals surface area (Å²) in [5.41, 5.74) is 7.17. The molecule has 0 atom stereocenters. The highest BCUT2D eigenvalue weighted by Crippen LogP contribution is 2.33. The third-order valence-corrected chi connectivity index (χ3v) is 4.95. The van der Waals surface area contributed by atoms with Gasteiger partial charge in [-0.2, -0.15) is 0 Å². The monoisotopic (exact) mass is 341 g/mol. The Labute approximate surface area is 155 Å². The fourth-order valence-electron chi connectivity index (χ4n) is 3.27.